The molecule has 1 atom stereocenters. The number of benzene rings is 1. The normalized spacial score (nSPS) is 22.0. The SMILES string of the molecule is O=C(CC1C=CCC1)Nc1cccc(CN2CCC(CO)CC2)c1. The van der Waals surface area contributed by atoms with Gasteiger partial charge in [0, 0.05) is 25.3 Å². The van der Waals surface area contributed by atoms with Crippen LogP contribution in [0, 0.1) is 11.8 Å². The fraction of sp³-hybridized carbons (Fsp3) is 0.550. The number of hydrogen-bond acceptors (Lipinski definition) is 3. The summed E-state index contributed by atoms with van der Waals surface area (Å²) in [6, 6.07) is 8.18. The van der Waals surface area contributed by atoms with Gasteiger partial charge in [0.15, 0.2) is 0 Å². The van der Waals surface area contributed by atoms with Crippen molar-refractivity contribution >= 4 is 11.6 Å². The van der Waals surface area contributed by atoms with Crippen LogP contribution in [0.3, 0.4) is 0 Å². The summed E-state index contributed by atoms with van der Waals surface area (Å²) in [5.74, 6) is 0.977. The Balaban J connectivity index is 1.50. The molecule has 2 N–H and O–H groups in total. The number of aliphatic hydroxyl groups excluding tert-OH is 1. The molecule has 4 heteroatoms. The molecule has 4 nitrogen and oxygen atoms in total. The standard InChI is InChI=1S/C20H28N2O2/c23-15-17-8-10-22(11-9-17)14-18-6-3-7-19(12-18)21-20(24)13-16-4-1-2-5-16/h1,3-4,6-7,12,16-17,23H,2,5,8-11,13-15H2,(H,21,24). The molecule has 1 amide bonds. The van der Waals surface area contributed by atoms with E-state index in [9.17, 15) is 9.90 Å². The fourth-order valence-electron chi connectivity index (χ4n) is 3.65. The van der Waals surface area contributed by atoms with Crippen molar-refractivity contribution in [2.45, 2.75) is 38.6 Å². The summed E-state index contributed by atoms with van der Waals surface area (Å²) in [7, 11) is 0. The lowest BCUT2D eigenvalue weighted by Gasteiger charge is -2.31. The number of piperidine rings is 1. The molecule has 0 saturated carbocycles. The third-order valence-electron chi connectivity index (χ3n) is 5.14. The minimum Gasteiger partial charge on any atom is -0.396 e. The van der Waals surface area contributed by atoms with Gasteiger partial charge >= 0.3 is 0 Å². The van der Waals surface area contributed by atoms with E-state index in [1.165, 1.54) is 5.56 Å². The van der Waals surface area contributed by atoms with Gasteiger partial charge in [-0.1, -0.05) is 24.3 Å². The van der Waals surface area contributed by atoms with Gasteiger partial charge in [-0.2, -0.15) is 0 Å². The van der Waals surface area contributed by atoms with Crippen molar-refractivity contribution in [3.8, 4) is 0 Å². The highest BCUT2D eigenvalue weighted by atomic mass is 16.3. The van der Waals surface area contributed by atoms with Crippen LogP contribution in [0.25, 0.3) is 0 Å². The van der Waals surface area contributed by atoms with E-state index in [1.807, 2.05) is 12.1 Å². The summed E-state index contributed by atoms with van der Waals surface area (Å²) >= 11 is 0. The van der Waals surface area contributed by atoms with Crippen LogP contribution in [-0.4, -0.2) is 35.6 Å². The first-order chi connectivity index (χ1) is 11.7. The van der Waals surface area contributed by atoms with Gasteiger partial charge < -0.3 is 10.4 Å². The van der Waals surface area contributed by atoms with E-state index in [4.69, 9.17) is 0 Å². The summed E-state index contributed by atoms with van der Waals surface area (Å²) in [6.07, 6.45) is 9.24. The highest BCUT2D eigenvalue weighted by molar-refractivity contribution is 5.91. The molecule has 1 heterocycles. The molecule has 1 aromatic rings. The second-order valence-electron chi connectivity index (χ2n) is 7.12. The number of rotatable bonds is 6. The molecule has 1 aliphatic carbocycles. The number of likely N-dealkylation sites (tertiary alicyclic amines) is 1. The summed E-state index contributed by atoms with van der Waals surface area (Å²) < 4.78 is 0. The Hall–Kier alpha value is -1.65. The van der Waals surface area contributed by atoms with Gasteiger partial charge in [-0.15, -0.1) is 0 Å². The zero-order valence-electron chi connectivity index (χ0n) is 14.3. The molecule has 2 aliphatic rings. The van der Waals surface area contributed by atoms with Crippen molar-refractivity contribution in [3.63, 3.8) is 0 Å². The number of aliphatic hydroxyl groups is 1. The van der Waals surface area contributed by atoms with Crippen molar-refractivity contribution in [2.75, 3.05) is 25.0 Å². The van der Waals surface area contributed by atoms with Crippen LogP contribution in [0.2, 0.25) is 0 Å². The molecule has 24 heavy (non-hydrogen) atoms. The molecule has 1 fully saturated rings. The number of hydrogen-bond donors (Lipinski definition) is 2. The minimum atomic E-state index is 0.104. The van der Waals surface area contributed by atoms with Crippen LogP contribution in [0.4, 0.5) is 5.69 Å². The van der Waals surface area contributed by atoms with Crippen LogP contribution in [0.5, 0.6) is 0 Å². The molecule has 0 aromatic heterocycles. The molecular formula is C20H28N2O2. The number of anilines is 1. The van der Waals surface area contributed by atoms with Gasteiger partial charge in [-0.05, 0) is 68.3 Å². The number of carbonyl (C=O) groups is 1. The predicted octanol–water partition coefficient (Wildman–Crippen LogP) is 3.19. The van der Waals surface area contributed by atoms with Crippen LogP contribution in [0.1, 0.15) is 37.7 Å². The lowest BCUT2D eigenvalue weighted by molar-refractivity contribution is -0.116. The Morgan fingerprint density at radius 1 is 1.25 bits per heavy atom. The highest BCUT2D eigenvalue weighted by Crippen LogP contribution is 2.22. The molecule has 1 saturated heterocycles. The third kappa shape index (κ3) is 4.92. The average Bonchev–Trinajstić information content (AvgIpc) is 3.08. The quantitative estimate of drug-likeness (QED) is 0.789. The lowest BCUT2D eigenvalue weighted by Crippen LogP contribution is -2.34. The first-order valence-corrected chi connectivity index (χ1v) is 9.11. The summed E-state index contributed by atoms with van der Waals surface area (Å²) in [5.41, 5.74) is 2.13. The minimum absolute atomic E-state index is 0.104. The summed E-state index contributed by atoms with van der Waals surface area (Å²) in [6.45, 7) is 3.30. The average molecular weight is 328 g/mol. The van der Waals surface area contributed by atoms with E-state index in [-0.39, 0.29) is 5.91 Å². The van der Waals surface area contributed by atoms with Crippen molar-refractivity contribution in [1.29, 1.82) is 0 Å². The van der Waals surface area contributed by atoms with Gasteiger partial charge in [0.1, 0.15) is 0 Å². The molecule has 1 aromatic carbocycles. The zero-order chi connectivity index (χ0) is 16.8. The number of allylic oxidation sites excluding steroid dienone is 2. The Bertz CT molecular complexity index is 577. The number of nitrogens with zero attached hydrogens (tertiary/aromatic N) is 1. The fourth-order valence-corrected chi connectivity index (χ4v) is 3.65. The first-order valence-electron chi connectivity index (χ1n) is 9.11. The molecule has 1 unspecified atom stereocenters. The lowest BCUT2D eigenvalue weighted by atomic mass is 9.97. The van der Waals surface area contributed by atoms with E-state index in [1.54, 1.807) is 0 Å². The van der Waals surface area contributed by atoms with Crippen molar-refractivity contribution in [2.24, 2.45) is 11.8 Å². The Labute approximate surface area is 144 Å². The van der Waals surface area contributed by atoms with Crippen LogP contribution >= 0.6 is 0 Å². The van der Waals surface area contributed by atoms with Gasteiger partial charge in [0.2, 0.25) is 5.91 Å². The van der Waals surface area contributed by atoms with Gasteiger partial charge in [-0.25, -0.2) is 0 Å². The van der Waals surface area contributed by atoms with Gasteiger partial charge in [0.05, 0.1) is 0 Å². The number of carbonyl (C=O) groups excluding carboxylic acids is 1. The molecule has 3 rings (SSSR count). The molecule has 1 aliphatic heterocycles. The maximum Gasteiger partial charge on any atom is 0.224 e. The Kier molecular flexibility index (Phi) is 6.05. The highest BCUT2D eigenvalue weighted by Gasteiger charge is 2.18. The predicted molar refractivity (Wildman–Crippen MR) is 96.6 cm³/mol. The first kappa shape index (κ1) is 17.2. The molecule has 130 valence electrons. The maximum atomic E-state index is 12.2. The summed E-state index contributed by atoms with van der Waals surface area (Å²) in [4.78, 5) is 14.6. The maximum absolute atomic E-state index is 12.2. The van der Waals surface area contributed by atoms with Gasteiger partial charge in [-0.3, -0.25) is 9.69 Å². The second kappa shape index (κ2) is 8.45. The smallest absolute Gasteiger partial charge is 0.224 e. The van der Waals surface area contributed by atoms with E-state index in [0.717, 1.165) is 51.0 Å². The molecular weight excluding hydrogens is 300 g/mol. The van der Waals surface area contributed by atoms with E-state index in [2.05, 4.69) is 34.5 Å². The van der Waals surface area contributed by atoms with Crippen LogP contribution < -0.4 is 5.32 Å². The van der Waals surface area contributed by atoms with Gasteiger partial charge in [0.25, 0.3) is 0 Å². The Morgan fingerprint density at radius 2 is 2.08 bits per heavy atom. The number of nitrogens with one attached hydrogen (secondary N) is 1. The molecule has 0 spiro atoms. The van der Waals surface area contributed by atoms with Crippen molar-refractivity contribution < 1.29 is 9.90 Å². The van der Waals surface area contributed by atoms with E-state index >= 15 is 0 Å². The summed E-state index contributed by atoms with van der Waals surface area (Å²) in [5, 5.41) is 12.3. The van der Waals surface area contributed by atoms with Crippen LogP contribution in [-0.2, 0) is 11.3 Å². The number of amides is 1. The van der Waals surface area contributed by atoms with Crippen LogP contribution in [0.15, 0.2) is 36.4 Å². The van der Waals surface area contributed by atoms with Crippen molar-refractivity contribution in [3.05, 3.63) is 42.0 Å². The van der Waals surface area contributed by atoms with E-state index in [0.29, 0.717) is 24.9 Å². The molecule has 0 radical (unpaired) electrons. The molecule has 0 bridgehead atoms. The Morgan fingerprint density at radius 3 is 2.79 bits per heavy atom. The third-order valence-corrected chi connectivity index (χ3v) is 5.14. The monoisotopic (exact) mass is 328 g/mol. The topological polar surface area (TPSA) is 52.6 Å². The zero-order valence-corrected chi connectivity index (χ0v) is 14.3. The second-order valence-corrected chi connectivity index (χ2v) is 7.12. The van der Waals surface area contributed by atoms with Crippen molar-refractivity contribution in [1.82, 2.24) is 4.90 Å². The largest absolute Gasteiger partial charge is 0.396 e. The van der Waals surface area contributed by atoms with E-state index < -0.39 is 0 Å².